The van der Waals surface area contributed by atoms with Crippen molar-refractivity contribution in [3.63, 3.8) is 0 Å². The maximum atomic E-state index is 9.04. The molecule has 1 aliphatic rings. The van der Waals surface area contributed by atoms with Gasteiger partial charge in [-0.2, -0.15) is 10.5 Å². The summed E-state index contributed by atoms with van der Waals surface area (Å²) in [6.07, 6.45) is 6.64. The number of hydrogen-bond acceptors (Lipinski definition) is 3. The average Bonchev–Trinajstić information content (AvgIpc) is 2.71. The highest BCUT2D eigenvalue weighted by molar-refractivity contribution is 5.36. The van der Waals surface area contributed by atoms with Gasteiger partial charge in [-0.1, -0.05) is 19.8 Å². The molecule has 17 heavy (non-hydrogen) atoms. The second kappa shape index (κ2) is 5.01. The molecule has 1 fully saturated rings. The van der Waals surface area contributed by atoms with E-state index in [0.717, 1.165) is 12.5 Å². The summed E-state index contributed by atoms with van der Waals surface area (Å²) in [5.74, 6) is 1.39. The van der Waals surface area contributed by atoms with E-state index in [4.69, 9.17) is 10.5 Å². The van der Waals surface area contributed by atoms with Crippen LogP contribution in [0, 0.1) is 34.5 Å². The fourth-order valence-corrected chi connectivity index (χ4v) is 2.72. The molecule has 2 rings (SSSR count). The van der Waals surface area contributed by atoms with Crippen LogP contribution >= 0.6 is 0 Å². The number of hydrogen-bond donors (Lipinski definition) is 0. The zero-order valence-corrected chi connectivity index (χ0v) is 10.1. The number of aromatic nitrogens is 2. The van der Waals surface area contributed by atoms with E-state index in [1.807, 2.05) is 10.6 Å². The van der Waals surface area contributed by atoms with Gasteiger partial charge in [0.25, 0.3) is 0 Å². The van der Waals surface area contributed by atoms with Crippen molar-refractivity contribution in [1.82, 2.24) is 9.55 Å². The highest BCUT2D eigenvalue weighted by atomic mass is 15.1. The molecule has 1 heterocycles. The monoisotopic (exact) mass is 228 g/mol. The van der Waals surface area contributed by atoms with Crippen molar-refractivity contribution in [2.24, 2.45) is 11.8 Å². The molecule has 1 aromatic rings. The lowest BCUT2D eigenvalue weighted by Gasteiger charge is -2.26. The molecule has 0 bridgehead atoms. The lowest BCUT2D eigenvalue weighted by atomic mass is 9.82. The highest BCUT2D eigenvalue weighted by Gasteiger charge is 2.21. The summed E-state index contributed by atoms with van der Waals surface area (Å²) >= 11 is 0. The first-order chi connectivity index (χ1) is 8.24. The zero-order chi connectivity index (χ0) is 12.3. The SMILES string of the molecule is C[C@H]1CCC[C@@H](Cn2cnc(C#N)c2C#N)C1. The standard InChI is InChI=1S/C13H16N4/c1-10-3-2-4-11(5-10)8-17-9-16-12(6-14)13(17)7-15/h9-11H,2-5,8H2,1H3/t10-,11+/m0/s1. The van der Waals surface area contributed by atoms with Crippen molar-refractivity contribution in [2.45, 2.75) is 39.2 Å². The van der Waals surface area contributed by atoms with Crippen LogP contribution in [0.5, 0.6) is 0 Å². The van der Waals surface area contributed by atoms with Gasteiger partial charge in [0.2, 0.25) is 0 Å². The van der Waals surface area contributed by atoms with E-state index < -0.39 is 0 Å². The van der Waals surface area contributed by atoms with Crippen LogP contribution in [0.15, 0.2) is 6.33 Å². The Labute approximate surface area is 101 Å². The molecule has 88 valence electrons. The Kier molecular flexibility index (Phi) is 3.44. The van der Waals surface area contributed by atoms with Gasteiger partial charge in [-0.05, 0) is 24.7 Å². The van der Waals surface area contributed by atoms with Gasteiger partial charge in [0, 0.05) is 6.54 Å². The predicted molar refractivity (Wildman–Crippen MR) is 62.8 cm³/mol. The Hall–Kier alpha value is -1.81. The third-order valence-electron chi connectivity index (χ3n) is 3.55. The Morgan fingerprint density at radius 3 is 2.88 bits per heavy atom. The van der Waals surface area contributed by atoms with E-state index in [9.17, 15) is 0 Å². The van der Waals surface area contributed by atoms with Crippen molar-refractivity contribution in [1.29, 1.82) is 10.5 Å². The second-order valence-electron chi connectivity index (χ2n) is 4.96. The maximum Gasteiger partial charge on any atom is 0.176 e. The van der Waals surface area contributed by atoms with Crippen LogP contribution in [-0.4, -0.2) is 9.55 Å². The Morgan fingerprint density at radius 2 is 2.24 bits per heavy atom. The van der Waals surface area contributed by atoms with Crippen LogP contribution < -0.4 is 0 Å². The third-order valence-corrected chi connectivity index (χ3v) is 3.55. The van der Waals surface area contributed by atoms with E-state index in [1.165, 1.54) is 25.7 Å². The molecular formula is C13H16N4. The lowest BCUT2D eigenvalue weighted by Crippen LogP contribution is -2.19. The summed E-state index contributed by atoms with van der Waals surface area (Å²) in [4.78, 5) is 3.97. The summed E-state index contributed by atoms with van der Waals surface area (Å²) in [5, 5.41) is 17.9. The molecule has 0 aliphatic heterocycles. The first kappa shape index (κ1) is 11.7. The number of imidazole rings is 1. The van der Waals surface area contributed by atoms with Crippen LogP contribution in [0.3, 0.4) is 0 Å². The molecule has 4 nitrogen and oxygen atoms in total. The van der Waals surface area contributed by atoms with Gasteiger partial charge in [-0.15, -0.1) is 0 Å². The third kappa shape index (κ3) is 2.47. The van der Waals surface area contributed by atoms with Crippen LogP contribution in [0.1, 0.15) is 44.0 Å². The Balaban J connectivity index is 2.11. The summed E-state index contributed by atoms with van der Waals surface area (Å²) in [7, 11) is 0. The first-order valence-corrected chi connectivity index (χ1v) is 6.10. The van der Waals surface area contributed by atoms with Gasteiger partial charge in [-0.25, -0.2) is 4.98 Å². The second-order valence-corrected chi connectivity index (χ2v) is 4.96. The van der Waals surface area contributed by atoms with Crippen molar-refractivity contribution >= 4 is 0 Å². The molecule has 0 unspecified atom stereocenters. The molecular weight excluding hydrogens is 212 g/mol. The minimum absolute atomic E-state index is 0.247. The molecule has 1 aromatic heterocycles. The predicted octanol–water partition coefficient (Wildman–Crippen LogP) is 2.45. The van der Waals surface area contributed by atoms with E-state index in [-0.39, 0.29) is 5.69 Å². The zero-order valence-electron chi connectivity index (χ0n) is 10.1. The van der Waals surface area contributed by atoms with Crippen molar-refractivity contribution in [3.8, 4) is 12.1 Å². The summed E-state index contributed by atoms with van der Waals surface area (Å²) < 4.78 is 1.83. The number of nitrogens with zero attached hydrogens (tertiary/aromatic N) is 4. The molecule has 0 amide bonds. The fourth-order valence-electron chi connectivity index (χ4n) is 2.72. The topological polar surface area (TPSA) is 65.4 Å². The van der Waals surface area contributed by atoms with Crippen LogP contribution in [0.25, 0.3) is 0 Å². The van der Waals surface area contributed by atoms with E-state index in [0.29, 0.717) is 11.6 Å². The number of rotatable bonds is 2. The minimum Gasteiger partial charge on any atom is -0.321 e. The van der Waals surface area contributed by atoms with Gasteiger partial charge in [-0.3, -0.25) is 0 Å². The first-order valence-electron chi connectivity index (χ1n) is 6.10. The molecule has 0 radical (unpaired) electrons. The summed E-state index contributed by atoms with van der Waals surface area (Å²) in [5.41, 5.74) is 0.655. The van der Waals surface area contributed by atoms with Crippen molar-refractivity contribution in [2.75, 3.05) is 0 Å². The lowest BCUT2D eigenvalue weighted by molar-refractivity contribution is 0.256. The van der Waals surface area contributed by atoms with Gasteiger partial charge >= 0.3 is 0 Å². The van der Waals surface area contributed by atoms with Gasteiger partial charge < -0.3 is 4.57 Å². The Morgan fingerprint density at radius 1 is 1.41 bits per heavy atom. The quantitative estimate of drug-likeness (QED) is 0.780. The molecule has 2 atom stereocenters. The molecule has 1 saturated carbocycles. The van der Waals surface area contributed by atoms with Crippen molar-refractivity contribution in [3.05, 3.63) is 17.7 Å². The molecule has 0 saturated heterocycles. The highest BCUT2D eigenvalue weighted by Crippen LogP contribution is 2.29. The van der Waals surface area contributed by atoms with Crippen molar-refractivity contribution < 1.29 is 0 Å². The van der Waals surface area contributed by atoms with Crippen LogP contribution in [0.4, 0.5) is 0 Å². The van der Waals surface area contributed by atoms with Gasteiger partial charge in [0.15, 0.2) is 11.4 Å². The largest absolute Gasteiger partial charge is 0.321 e. The average molecular weight is 228 g/mol. The smallest absolute Gasteiger partial charge is 0.176 e. The summed E-state index contributed by atoms with van der Waals surface area (Å²) in [6.45, 7) is 3.11. The Bertz CT molecular complexity index is 475. The molecule has 0 spiro atoms. The van der Waals surface area contributed by atoms with Gasteiger partial charge in [0.05, 0.1) is 6.33 Å². The molecule has 1 aliphatic carbocycles. The number of nitriles is 2. The normalized spacial score (nSPS) is 23.9. The van der Waals surface area contributed by atoms with E-state index in [1.54, 1.807) is 6.33 Å². The van der Waals surface area contributed by atoms with Crippen LogP contribution in [0.2, 0.25) is 0 Å². The maximum absolute atomic E-state index is 9.04. The molecule has 0 aromatic carbocycles. The molecule has 4 heteroatoms. The molecule has 0 N–H and O–H groups in total. The fraction of sp³-hybridized carbons (Fsp3) is 0.615. The van der Waals surface area contributed by atoms with E-state index >= 15 is 0 Å². The van der Waals surface area contributed by atoms with Crippen LogP contribution in [-0.2, 0) is 6.54 Å². The van der Waals surface area contributed by atoms with Gasteiger partial charge in [0.1, 0.15) is 12.1 Å². The summed E-state index contributed by atoms with van der Waals surface area (Å²) in [6, 6.07) is 4.03. The van der Waals surface area contributed by atoms with E-state index in [2.05, 4.69) is 18.0 Å². The minimum atomic E-state index is 0.247.